The Labute approximate surface area is 309 Å². The van der Waals surface area contributed by atoms with Gasteiger partial charge in [0.25, 0.3) is 5.88 Å². The molecule has 0 radical (unpaired) electrons. The molecule has 1 aliphatic carbocycles. The van der Waals surface area contributed by atoms with Crippen LogP contribution in [-0.2, 0) is 25.5 Å². The van der Waals surface area contributed by atoms with Gasteiger partial charge in [-0.15, -0.1) is 10.2 Å². The van der Waals surface area contributed by atoms with E-state index in [0.717, 1.165) is 63.1 Å². The molecule has 0 spiro atoms. The van der Waals surface area contributed by atoms with Crippen molar-refractivity contribution >= 4 is 23.2 Å². The minimum Gasteiger partial charge on any atom is -0.487 e. The lowest BCUT2D eigenvalue weighted by Crippen LogP contribution is -2.45. The Kier molecular flexibility index (Phi) is 14.4. The van der Waals surface area contributed by atoms with E-state index >= 15 is 0 Å². The Hall–Kier alpha value is -3.93. The standard InChI is InChI=1S/C35H49ClN10O6/c1-26(23-45-25-39-42-43-45)52-33-20-27(4-9-31(33)36)28-21-37-35(38-22-28)40-32-24-46(30-7-5-29(6-8-30)44-10-14-49-15-11-44)41-34(32)51-13-3-12-48-18-19-50-17-16-47-2/h4,9,20-22,24-26,29-30H,3,5-8,10-19,23H2,1-2H3,(H,37,38,40)/t26-,29?,30?/m0/s1. The van der Waals surface area contributed by atoms with Gasteiger partial charge in [-0.05, 0) is 60.7 Å². The monoisotopic (exact) mass is 740 g/mol. The van der Waals surface area contributed by atoms with E-state index in [2.05, 4.69) is 35.7 Å². The number of nitrogens with zero attached hydrogens (tertiary/aromatic N) is 9. The molecule has 16 nitrogen and oxygen atoms in total. The van der Waals surface area contributed by atoms with E-state index < -0.39 is 0 Å². The molecule has 1 atom stereocenters. The van der Waals surface area contributed by atoms with E-state index in [1.54, 1.807) is 36.6 Å². The molecular formula is C35H49ClN10O6. The summed E-state index contributed by atoms with van der Waals surface area (Å²) < 4.78 is 37.7. The van der Waals surface area contributed by atoms with Gasteiger partial charge in [0.05, 0.1) is 70.1 Å². The highest BCUT2D eigenvalue weighted by atomic mass is 35.5. The number of methoxy groups -OCH3 is 1. The van der Waals surface area contributed by atoms with Crippen LogP contribution in [0.5, 0.6) is 11.6 Å². The van der Waals surface area contributed by atoms with Crippen molar-refractivity contribution in [3.63, 3.8) is 0 Å². The molecule has 1 aromatic carbocycles. The Balaban J connectivity index is 1.07. The van der Waals surface area contributed by atoms with Crippen molar-refractivity contribution in [1.82, 2.24) is 44.9 Å². The smallest absolute Gasteiger partial charge is 0.256 e. The summed E-state index contributed by atoms with van der Waals surface area (Å²) in [5, 5.41) is 20.0. The highest BCUT2D eigenvalue weighted by Crippen LogP contribution is 2.35. The molecule has 2 aliphatic rings. The third-order valence-electron chi connectivity index (χ3n) is 9.10. The van der Waals surface area contributed by atoms with E-state index in [4.69, 9.17) is 45.1 Å². The van der Waals surface area contributed by atoms with Gasteiger partial charge in [-0.1, -0.05) is 17.7 Å². The summed E-state index contributed by atoms with van der Waals surface area (Å²) in [5.41, 5.74) is 2.40. The van der Waals surface area contributed by atoms with Crippen LogP contribution in [0.1, 0.15) is 45.1 Å². The Morgan fingerprint density at radius 1 is 0.942 bits per heavy atom. The number of hydrogen-bond acceptors (Lipinski definition) is 14. The van der Waals surface area contributed by atoms with Crippen molar-refractivity contribution < 1.29 is 28.4 Å². The molecule has 1 N–H and O–H groups in total. The van der Waals surface area contributed by atoms with Gasteiger partial charge in [0.15, 0.2) is 0 Å². The summed E-state index contributed by atoms with van der Waals surface area (Å²) in [6.07, 6.45) is 12.0. The molecule has 4 aromatic rings. The molecule has 1 saturated heterocycles. The van der Waals surface area contributed by atoms with E-state index in [9.17, 15) is 0 Å². The van der Waals surface area contributed by atoms with E-state index in [1.165, 1.54) is 0 Å². The van der Waals surface area contributed by atoms with Crippen LogP contribution >= 0.6 is 11.6 Å². The van der Waals surface area contributed by atoms with Crippen molar-refractivity contribution in [2.75, 3.05) is 78.4 Å². The fourth-order valence-electron chi connectivity index (χ4n) is 6.40. The number of rotatable bonds is 20. The van der Waals surface area contributed by atoms with Crippen LogP contribution < -0.4 is 14.8 Å². The first-order valence-corrected chi connectivity index (χ1v) is 18.4. The fourth-order valence-corrected chi connectivity index (χ4v) is 6.56. The van der Waals surface area contributed by atoms with E-state index in [1.807, 2.05) is 29.9 Å². The van der Waals surface area contributed by atoms with Crippen LogP contribution in [-0.4, -0.2) is 130 Å². The van der Waals surface area contributed by atoms with E-state index in [0.29, 0.717) is 86.9 Å². The number of hydrogen-bond donors (Lipinski definition) is 1. The maximum atomic E-state index is 6.47. The maximum Gasteiger partial charge on any atom is 0.256 e. The first kappa shape index (κ1) is 37.8. The Morgan fingerprint density at radius 3 is 2.44 bits per heavy atom. The minimum absolute atomic E-state index is 0.213. The predicted molar refractivity (Wildman–Crippen MR) is 193 cm³/mol. The molecule has 52 heavy (non-hydrogen) atoms. The molecule has 0 amide bonds. The van der Waals surface area contributed by atoms with Crippen molar-refractivity contribution in [3.8, 4) is 22.8 Å². The van der Waals surface area contributed by atoms with Crippen LogP contribution in [0, 0.1) is 0 Å². The van der Waals surface area contributed by atoms with Crippen molar-refractivity contribution in [1.29, 1.82) is 0 Å². The molecule has 1 saturated carbocycles. The average Bonchev–Trinajstić information content (AvgIpc) is 3.84. The Morgan fingerprint density at radius 2 is 1.69 bits per heavy atom. The molecule has 1 aliphatic heterocycles. The van der Waals surface area contributed by atoms with Gasteiger partial charge >= 0.3 is 0 Å². The normalized spacial score (nSPS) is 18.7. The number of tetrazole rings is 1. The van der Waals surface area contributed by atoms with Gasteiger partial charge in [-0.25, -0.2) is 14.6 Å². The fraction of sp³-hybridized carbons (Fsp3) is 0.600. The van der Waals surface area contributed by atoms with E-state index in [-0.39, 0.29) is 12.1 Å². The molecule has 17 heteroatoms. The SMILES string of the molecule is COCCOCCOCCCOc1nn(C2CCC(N3CCOCC3)CC2)cc1Nc1ncc(-c2ccc(Cl)c(O[C@@H](C)Cn3cnnn3)c2)cn1. The van der Waals surface area contributed by atoms with Crippen LogP contribution in [0.3, 0.4) is 0 Å². The molecule has 282 valence electrons. The largest absolute Gasteiger partial charge is 0.487 e. The van der Waals surface area contributed by atoms with Crippen molar-refractivity contribution in [2.24, 2.45) is 0 Å². The number of halogens is 1. The number of aromatic nitrogens is 8. The first-order valence-electron chi connectivity index (χ1n) is 18.0. The zero-order chi connectivity index (χ0) is 36.0. The van der Waals surface area contributed by atoms with Gasteiger partial charge in [-0.3, -0.25) is 9.58 Å². The summed E-state index contributed by atoms with van der Waals surface area (Å²) in [5.74, 6) is 1.50. The zero-order valence-corrected chi connectivity index (χ0v) is 30.7. The van der Waals surface area contributed by atoms with Crippen molar-refractivity contribution in [3.05, 3.63) is 48.1 Å². The quantitative estimate of drug-likeness (QED) is 0.127. The first-order chi connectivity index (χ1) is 25.6. The summed E-state index contributed by atoms with van der Waals surface area (Å²) in [7, 11) is 1.66. The highest BCUT2D eigenvalue weighted by Gasteiger charge is 2.29. The number of nitrogens with one attached hydrogen (secondary N) is 1. The lowest BCUT2D eigenvalue weighted by Gasteiger charge is -2.38. The van der Waals surface area contributed by atoms with Gasteiger partial charge < -0.3 is 33.7 Å². The molecule has 4 heterocycles. The Bertz CT molecular complexity index is 1610. The predicted octanol–water partition coefficient (Wildman–Crippen LogP) is 4.46. The molecule has 3 aromatic heterocycles. The lowest BCUT2D eigenvalue weighted by molar-refractivity contribution is 0.00502. The second-order valence-corrected chi connectivity index (χ2v) is 13.3. The summed E-state index contributed by atoms with van der Waals surface area (Å²) >= 11 is 6.47. The zero-order valence-electron chi connectivity index (χ0n) is 29.9. The molecule has 0 unspecified atom stereocenters. The van der Waals surface area contributed by atoms with Crippen LogP contribution in [0.15, 0.2) is 43.1 Å². The average molecular weight is 741 g/mol. The van der Waals surface area contributed by atoms with Crippen molar-refractivity contribution in [2.45, 2.75) is 63.8 Å². The lowest BCUT2D eigenvalue weighted by atomic mass is 9.90. The van der Waals surface area contributed by atoms with Crippen LogP contribution in [0.4, 0.5) is 11.6 Å². The molecular weight excluding hydrogens is 692 g/mol. The topological polar surface area (TPSA) is 158 Å². The van der Waals surface area contributed by atoms with Gasteiger partial charge in [0, 0.05) is 57.2 Å². The second kappa shape index (κ2) is 19.8. The van der Waals surface area contributed by atoms with Gasteiger partial charge in [0.2, 0.25) is 5.95 Å². The summed E-state index contributed by atoms with van der Waals surface area (Å²) in [6, 6.07) is 6.49. The van der Waals surface area contributed by atoms with Crippen LogP contribution in [0.2, 0.25) is 5.02 Å². The highest BCUT2D eigenvalue weighted by molar-refractivity contribution is 6.32. The number of anilines is 2. The third kappa shape index (κ3) is 11.0. The van der Waals surface area contributed by atoms with Gasteiger partial charge in [-0.2, -0.15) is 0 Å². The minimum atomic E-state index is -0.213. The van der Waals surface area contributed by atoms with Gasteiger partial charge in [0.1, 0.15) is 23.9 Å². The third-order valence-corrected chi connectivity index (χ3v) is 9.41. The summed E-state index contributed by atoms with van der Waals surface area (Å²) in [4.78, 5) is 11.8. The molecule has 2 fully saturated rings. The molecule has 6 rings (SSSR count). The number of morpholine rings is 1. The number of benzene rings is 1. The number of ether oxygens (including phenoxy) is 6. The van der Waals surface area contributed by atoms with Crippen LogP contribution in [0.25, 0.3) is 11.1 Å². The molecule has 0 bridgehead atoms. The summed E-state index contributed by atoms with van der Waals surface area (Å²) in [6.45, 7) is 9.29. The maximum absolute atomic E-state index is 6.47. The second-order valence-electron chi connectivity index (χ2n) is 12.9.